The lowest BCUT2D eigenvalue weighted by molar-refractivity contribution is 0.0784. The molecule has 3 aromatic rings. The van der Waals surface area contributed by atoms with Gasteiger partial charge in [-0.2, -0.15) is 5.10 Å². The topological polar surface area (TPSA) is 76.4 Å². The fraction of sp³-hybridized carbons (Fsp3) is 0.391. The molecule has 1 fully saturated rings. The van der Waals surface area contributed by atoms with Crippen LogP contribution in [0.5, 0.6) is 5.88 Å². The molecular weight excluding hydrogens is 392 g/mol. The molecule has 8 nitrogen and oxygen atoms in total. The normalized spacial score (nSPS) is 13.5. The lowest BCUT2D eigenvalue weighted by atomic mass is 10.1. The van der Waals surface area contributed by atoms with E-state index >= 15 is 0 Å². The Kier molecular flexibility index (Phi) is 6.16. The molecule has 0 spiro atoms. The van der Waals surface area contributed by atoms with Crippen molar-refractivity contribution in [2.75, 3.05) is 32.1 Å². The third kappa shape index (κ3) is 4.23. The van der Waals surface area contributed by atoms with Crippen LogP contribution in [0.15, 0.2) is 42.6 Å². The molecule has 0 unspecified atom stereocenters. The molecule has 0 N–H and O–H groups in total. The highest BCUT2D eigenvalue weighted by molar-refractivity contribution is 5.95. The second-order valence-electron chi connectivity index (χ2n) is 7.69. The van der Waals surface area contributed by atoms with Crippen molar-refractivity contribution in [2.45, 2.75) is 32.7 Å². The van der Waals surface area contributed by atoms with E-state index in [1.807, 2.05) is 20.0 Å². The summed E-state index contributed by atoms with van der Waals surface area (Å²) >= 11 is 0. The summed E-state index contributed by atoms with van der Waals surface area (Å²) in [7, 11) is 3.39. The van der Waals surface area contributed by atoms with Gasteiger partial charge in [0.1, 0.15) is 0 Å². The van der Waals surface area contributed by atoms with Crippen molar-refractivity contribution < 1.29 is 9.53 Å². The van der Waals surface area contributed by atoms with Crippen molar-refractivity contribution in [3.8, 4) is 11.7 Å². The minimum atomic E-state index is -0.0548. The van der Waals surface area contributed by atoms with E-state index in [0.717, 1.165) is 24.3 Å². The molecule has 0 bridgehead atoms. The number of para-hydroxylation sites is 1. The second-order valence-corrected chi connectivity index (χ2v) is 7.69. The van der Waals surface area contributed by atoms with E-state index in [2.05, 4.69) is 38.4 Å². The van der Waals surface area contributed by atoms with Gasteiger partial charge in [-0.1, -0.05) is 25.1 Å². The Morgan fingerprint density at radius 3 is 2.58 bits per heavy atom. The van der Waals surface area contributed by atoms with Gasteiger partial charge in [0.25, 0.3) is 5.91 Å². The number of carbonyl (C=O) groups is 1. The summed E-state index contributed by atoms with van der Waals surface area (Å²) in [5, 5.41) is 12.6. The molecule has 0 aliphatic carbocycles. The molecule has 1 aliphatic heterocycles. The zero-order valence-corrected chi connectivity index (χ0v) is 18.3. The summed E-state index contributed by atoms with van der Waals surface area (Å²) in [6.07, 6.45) is 4.70. The van der Waals surface area contributed by atoms with Crippen molar-refractivity contribution in [3.63, 3.8) is 0 Å². The highest BCUT2D eigenvalue weighted by atomic mass is 16.5. The van der Waals surface area contributed by atoms with Crippen LogP contribution in [-0.2, 0) is 13.0 Å². The SMILES string of the molecule is CCc1c(C(=O)N(C)Cc2ccccc2N2CCCC2)cnn1-c1ccc(OC)nn1. The first kappa shape index (κ1) is 20.8. The lowest BCUT2D eigenvalue weighted by Crippen LogP contribution is -2.28. The summed E-state index contributed by atoms with van der Waals surface area (Å²) in [5.74, 6) is 0.932. The largest absolute Gasteiger partial charge is 0.480 e. The Morgan fingerprint density at radius 1 is 1.13 bits per heavy atom. The van der Waals surface area contributed by atoms with E-state index in [1.165, 1.54) is 18.5 Å². The maximum atomic E-state index is 13.3. The molecule has 0 radical (unpaired) electrons. The Bertz CT molecular complexity index is 1040. The van der Waals surface area contributed by atoms with Crippen molar-refractivity contribution in [1.29, 1.82) is 0 Å². The van der Waals surface area contributed by atoms with Crippen molar-refractivity contribution in [3.05, 3.63) is 59.4 Å². The van der Waals surface area contributed by atoms with Gasteiger partial charge in [0.15, 0.2) is 5.82 Å². The number of carbonyl (C=O) groups excluding carboxylic acids is 1. The quantitative estimate of drug-likeness (QED) is 0.585. The van der Waals surface area contributed by atoms with Crippen molar-refractivity contribution in [1.82, 2.24) is 24.9 Å². The van der Waals surface area contributed by atoms with E-state index in [9.17, 15) is 4.79 Å². The molecule has 162 valence electrons. The van der Waals surface area contributed by atoms with Gasteiger partial charge in [-0.05, 0) is 37.0 Å². The Morgan fingerprint density at radius 2 is 1.90 bits per heavy atom. The van der Waals surface area contributed by atoms with E-state index < -0.39 is 0 Å². The number of benzene rings is 1. The van der Waals surface area contributed by atoms with E-state index in [-0.39, 0.29) is 5.91 Å². The molecule has 1 aromatic carbocycles. The Labute approximate surface area is 182 Å². The first-order valence-corrected chi connectivity index (χ1v) is 10.7. The molecule has 1 aliphatic rings. The van der Waals surface area contributed by atoms with Crippen LogP contribution < -0.4 is 9.64 Å². The Balaban J connectivity index is 1.56. The van der Waals surface area contributed by atoms with Crippen LogP contribution in [0.25, 0.3) is 5.82 Å². The van der Waals surface area contributed by atoms with Crippen LogP contribution in [0, 0.1) is 0 Å². The van der Waals surface area contributed by atoms with Crippen molar-refractivity contribution >= 4 is 11.6 Å². The van der Waals surface area contributed by atoms with Crippen LogP contribution in [0.3, 0.4) is 0 Å². The van der Waals surface area contributed by atoms with Gasteiger partial charge in [0, 0.05) is 38.4 Å². The summed E-state index contributed by atoms with van der Waals surface area (Å²) in [4.78, 5) is 17.5. The Hall–Kier alpha value is -3.42. The highest BCUT2D eigenvalue weighted by Crippen LogP contribution is 2.26. The number of hydrogen-bond donors (Lipinski definition) is 0. The zero-order chi connectivity index (χ0) is 21.8. The van der Waals surface area contributed by atoms with Crippen LogP contribution in [0.2, 0.25) is 0 Å². The van der Waals surface area contributed by atoms with Crippen LogP contribution in [0.4, 0.5) is 5.69 Å². The van der Waals surface area contributed by atoms with Gasteiger partial charge in [-0.3, -0.25) is 4.79 Å². The predicted octanol–water partition coefficient (Wildman–Crippen LogP) is 3.11. The van der Waals surface area contributed by atoms with Crippen molar-refractivity contribution in [2.24, 2.45) is 0 Å². The molecular formula is C23H28N6O2. The van der Waals surface area contributed by atoms with Crippen LogP contribution in [-0.4, -0.2) is 58.0 Å². The smallest absolute Gasteiger partial charge is 0.257 e. The lowest BCUT2D eigenvalue weighted by Gasteiger charge is -2.24. The van der Waals surface area contributed by atoms with Gasteiger partial charge < -0.3 is 14.5 Å². The molecule has 4 rings (SSSR count). The number of aromatic nitrogens is 4. The second kappa shape index (κ2) is 9.16. The summed E-state index contributed by atoms with van der Waals surface area (Å²) in [6, 6.07) is 11.9. The van der Waals surface area contributed by atoms with Gasteiger partial charge in [0.2, 0.25) is 5.88 Å². The third-order valence-electron chi connectivity index (χ3n) is 5.68. The molecule has 1 saturated heterocycles. The number of nitrogens with zero attached hydrogens (tertiary/aromatic N) is 6. The fourth-order valence-corrected chi connectivity index (χ4v) is 4.07. The minimum absolute atomic E-state index is 0.0548. The number of anilines is 1. The third-order valence-corrected chi connectivity index (χ3v) is 5.68. The number of methoxy groups -OCH3 is 1. The number of amides is 1. The molecule has 8 heteroatoms. The number of rotatable bonds is 7. The monoisotopic (exact) mass is 420 g/mol. The fourth-order valence-electron chi connectivity index (χ4n) is 4.07. The molecule has 3 heterocycles. The molecule has 31 heavy (non-hydrogen) atoms. The maximum Gasteiger partial charge on any atom is 0.257 e. The summed E-state index contributed by atoms with van der Waals surface area (Å²) < 4.78 is 6.74. The minimum Gasteiger partial charge on any atom is -0.480 e. The van der Waals surface area contributed by atoms with Gasteiger partial charge in [-0.25, -0.2) is 4.68 Å². The number of ether oxygens (including phenoxy) is 1. The average molecular weight is 421 g/mol. The van der Waals surface area contributed by atoms with Gasteiger partial charge in [0.05, 0.1) is 24.6 Å². The van der Waals surface area contributed by atoms with Gasteiger partial charge in [-0.15, -0.1) is 10.2 Å². The molecule has 1 amide bonds. The number of hydrogen-bond acceptors (Lipinski definition) is 6. The average Bonchev–Trinajstić information content (AvgIpc) is 3.49. The zero-order valence-electron chi connectivity index (χ0n) is 18.3. The van der Waals surface area contributed by atoms with E-state index in [1.54, 1.807) is 35.0 Å². The van der Waals surface area contributed by atoms with E-state index in [4.69, 9.17) is 4.74 Å². The molecule has 2 aromatic heterocycles. The predicted molar refractivity (Wildman–Crippen MR) is 119 cm³/mol. The highest BCUT2D eigenvalue weighted by Gasteiger charge is 2.23. The van der Waals surface area contributed by atoms with Crippen LogP contribution in [0.1, 0.15) is 41.4 Å². The maximum absolute atomic E-state index is 13.3. The first-order valence-electron chi connectivity index (χ1n) is 10.7. The van der Waals surface area contributed by atoms with Crippen LogP contribution >= 0.6 is 0 Å². The molecule has 0 saturated carbocycles. The summed E-state index contributed by atoms with van der Waals surface area (Å²) in [5.41, 5.74) is 3.77. The van der Waals surface area contributed by atoms with E-state index in [0.29, 0.717) is 30.2 Å². The standard InChI is InChI=1S/C23H28N6O2/c1-4-19-18(15-24-29(19)21-11-12-22(31-3)26-25-21)23(30)27(2)16-17-9-5-6-10-20(17)28-13-7-8-14-28/h5-6,9-12,15H,4,7-8,13-14,16H2,1-3H3. The first-order chi connectivity index (χ1) is 15.1. The van der Waals surface area contributed by atoms with Gasteiger partial charge >= 0.3 is 0 Å². The molecule has 0 atom stereocenters. The summed E-state index contributed by atoms with van der Waals surface area (Å²) in [6.45, 7) is 4.70.